The Labute approximate surface area is 155 Å². The highest BCUT2D eigenvalue weighted by Crippen LogP contribution is 2.28. The van der Waals surface area contributed by atoms with E-state index in [-0.39, 0.29) is 18.3 Å². The van der Waals surface area contributed by atoms with Gasteiger partial charge in [0.05, 0.1) is 17.8 Å². The van der Waals surface area contributed by atoms with Gasteiger partial charge in [-0.25, -0.2) is 4.39 Å². The van der Waals surface area contributed by atoms with Gasteiger partial charge in [0.2, 0.25) is 0 Å². The van der Waals surface area contributed by atoms with Gasteiger partial charge >= 0.3 is 0 Å². The summed E-state index contributed by atoms with van der Waals surface area (Å²) in [4.78, 5) is 21.5. The molecule has 1 amide bonds. The summed E-state index contributed by atoms with van der Waals surface area (Å²) >= 11 is 0. The van der Waals surface area contributed by atoms with Crippen LogP contribution in [0.5, 0.6) is 0 Å². The first-order valence-electron chi connectivity index (χ1n) is 8.78. The number of fused-ring (bicyclic) bond motifs is 2. The summed E-state index contributed by atoms with van der Waals surface area (Å²) in [5.41, 5.74) is 4.69. The first-order chi connectivity index (χ1) is 13.2. The van der Waals surface area contributed by atoms with Crippen LogP contribution in [0.3, 0.4) is 0 Å². The van der Waals surface area contributed by atoms with E-state index in [1.807, 2.05) is 36.5 Å². The number of carbonyl (C=O) groups is 1. The topological polar surface area (TPSA) is 49.0 Å². The molecule has 0 radical (unpaired) electrons. The third-order valence-electron chi connectivity index (χ3n) is 5.05. The number of halogens is 1. The highest BCUT2D eigenvalue weighted by atomic mass is 19.1. The van der Waals surface area contributed by atoms with Gasteiger partial charge < -0.3 is 9.88 Å². The van der Waals surface area contributed by atoms with E-state index in [1.54, 1.807) is 29.3 Å². The molecule has 1 N–H and O–H groups in total. The molecule has 2 aromatic carbocycles. The zero-order valence-electron chi connectivity index (χ0n) is 14.4. The quantitative estimate of drug-likeness (QED) is 0.586. The highest BCUT2D eigenvalue weighted by Gasteiger charge is 2.28. The van der Waals surface area contributed by atoms with E-state index >= 15 is 0 Å². The molecule has 0 aliphatic carbocycles. The maximum atomic E-state index is 14.7. The van der Waals surface area contributed by atoms with Gasteiger partial charge in [-0.15, -0.1) is 0 Å². The van der Waals surface area contributed by atoms with E-state index in [0.717, 1.165) is 27.7 Å². The zero-order chi connectivity index (χ0) is 18.4. The van der Waals surface area contributed by atoms with E-state index in [4.69, 9.17) is 0 Å². The van der Waals surface area contributed by atoms with Gasteiger partial charge in [-0.1, -0.05) is 18.2 Å². The normalized spacial score (nSPS) is 13.4. The summed E-state index contributed by atoms with van der Waals surface area (Å²) in [6, 6.07) is 16.7. The lowest BCUT2D eigenvalue weighted by atomic mass is 10.0. The Balaban J connectivity index is 1.41. The highest BCUT2D eigenvalue weighted by molar-refractivity contribution is 5.97. The predicted molar refractivity (Wildman–Crippen MR) is 102 cm³/mol. The molecule has 0 unspecified atom stereocenters. The molecule has 1 aliphatic heterocycles. The van der Waals surface area contributed by atoms with E-state index in [9.17, 15) is 9.18 Å². The lowest BCUT2D eigenvalue weighted by molar-refractivity contribution is 0.0765. The van der Waals surface area contributed by atoms with Crippen LogP contribution in [0.15, 0.2) is 67.0 Å². The van der Waals surface area contributed by atoms with Crippen molar-refractivity contribution in [1.82, 2.24) is 14.9 Å². The fourth-order valence-electron chi connectivity index (χ4n) is 3.60. The summed E-state index contributed by atoms with van der Waals surface area (Å²) in [6.07, 6.45) is 3.56. The van der Waals surface area contributed by atoms with Crippen molar-refractivity contribution in [3.05, 3.63) is 89.6 Å². The lowest BCUT2D eigenvalue weighted by Gasteiger charge is -2.16. The number of benzene rings is 2. The summed E-state index contributed by atoms with van der Waals surface area (Å²) in [5.74, 6) is -0.405. The first-order valence-corrected chi connectivity index (χ1v) is 8.78. The number of pyridine rings is 1. The van der Waals surface area contributed by atoms with Crippen LogP contribution in [-0.4, -0.2) is 20.8 Å². The van der Waals surface area contributed by atoms with Crippen molar-refractivity contribution >= 4 is 16.8 Å². The molecule has 5 heteroatoms. The molecule has 5 rings (SSSR count). The Morgan fingerprint density at radius 1 is 1.07 bits per heavy atom. The number of rotatable bonds is 3. The van der Waals surface area contributed by atoms with Crippen molar-refractivity contribution in [3.63, 3.8) is 0 Å². The van der Waals surface area contributed by atoms with Crippen LogP contribution in [0, 0.1) is 5.82 Å². The van der Waals surface area contributed by atoms with Crippen molar-refractivity contribution in [2.24, 2.45) is 0 Å². The number of nitrogens with one attached hydrogen (secondary N) is 1. The number of aromatic nitrogens is 2. The summed E-state index contributed by atoms with van der Waals surface area (Å²) < 4.78 is 14.7. The Bertz CT molecular complexity index is 1180. The average Bonchev–Trinajstić information content (AvgIpc) is 3.28. The third-order valence-corrected chi connectivity index (χ3v) is 5.05. The predicted octanol–water partition coefficient (Wildman–Crippen LogP) is 4.53. The molecule has 0 saturated heterocycles. The number of amides is 1. The van der Waals surface area contributed by atoms with Crippen LogP contribution in [-0.2, 0) is 13.1 Å². The van der Waals surface area contributed by atoms with Crippen molar-refractivity contribution in [3.8, 4) is 11.1 Å². The van der Waals surface area contributed by atoms with Crippen molar-refractivity contribution in [2.75, 3.05) is 0 Å². The smallest absolute Gasteiger partial charge is 0.256 e. The minimum absolute atomic E-state index is 0.0977. The molecule has 0 bridgehead atoms. The molecule has 4 aromatic rings. The van der Waals surface area contributed by atoms with Crippen LogP contribution < -0.4 is 0 Å². The van der Waals surface area contributed by atoms with Gasteiger partial charge in [0, 0.05) is 30.0 Å². The van der Waals surface area contributed by atoms with Crippen molar-refractivity contribution < 1.29 is 9.18 Å². The van der Waals surface area contributed by atoms with Gasteiger partial charge in [0.25, 0.3) is 5.91 Å². The van der Waals surface area contributed by atoms with Gasteiger partial charge in [0.1, 0.15) is 5.82 Å². The fourth-order valence-corrected chi connectivity index (χ4v) is 3.60. The second-order valence-electron chi connectivity index (χ2n) is 6.74. The SMILES string of the molecule is O=C1c2cccnc2CN1Cc1ccc(-c2ccc3[nH]ccc3c2)cc1F. The molecule has 0 saturated carbocycles. The van der Waals surface area contributed by atoms with Gasteiger partial charge in [0.15, 0.2) is 0 Å². The molecule has 1 aliphatic rings. The Morgan fingerprint density at radius 2 is 1.93 bits per heavy atom. The number of hydrogen-bond acceptors (Lipinski definition) is 2. The number of hydrogen-bond donors (Lipinski definition) is 1. The maximum absolute atomic E-state index is 14.7. The molecule has 0 atom stereocenters. The summed E-state index contributed by atoms with van der Waals surface area (Å²) in [7, 11) is 0. The lowest BCUT2D eigenvalue weighted by Crippen LogP contribution is -2.23. The van der Waals surface area contributed by atoms with Crippen molar-refractivity contribution in [1.29, 1.82) is 0 Å². The molecular weight excluding hydrogens is 341 g/mol. The first kappa shape index (κ1) is 15.8. The molecule has 27 heavy (non-hydrogen) atoms. The largest absolute Gasteiger partial charge is 0.361 e. The van der Waals surface area contributed by atoms with E-state index in [1.165, 1.54) is 6.07 Å². The third kappa shape index (κ3) is 2.68. The monoisotopic (exact) mass is 357 g/mol. The van der Waals surface area contributed by atoms with Crippen LogP contribution in [0.2, 0.25) is 0 Å². The molecule has 0 fully saturated rings. The Hall–Kier alpha value is -3.47. The minimum atomic E-state index is -0.307. The Kier molecular flexibility index (Phi) is 3.53. The van der Waals surface area contributed by atoms with Crippen LogP contribution in [0.1, 0.15) is 21.6 Å². The second-order valence-corrected chi connectivity index (χ2v) is 6.74. The van der Waals surface area contributed by atoms with E-state index in [2.05, 4.69) is 9.97 Å². The molecule has 132 valence electrons. The summed E-state index contributed by atoms with van der Waals surface area (Å²) in [5, 5.41) is 1.09. The molecular formula is C22H16FN3O. The summed E-state index contributed by atoms with van der Waals surface area (Å²) in [6.45, 7) is 0.651. The number of H-pyrrole nitrogens is 1. The number of aromatic amines is 1. The van der Waals surface area contributed by atoms with Crippen LogP contribution in [0.4, 0.5) is 4.39 Å². The van der Waals surface area contributed by atoms with Crippen molar-refractivity contribution in [2.45, 2.75) is 13.1 Å². The maximum Gasteiger partial charge on any atom is 0.256 e. The molecule has 0 spiro atoms. The number of carbonyl (C=O) groups excluding carboxylic acids is 1. The minimum Gasteiger partial charge on any atom is -0.361 e. The zero-order valence-corrected chi connectivity index (χ0v) is 14.4. The van der Waals surface area contributed by atoms with Gasteiger partial charge in [-0.2, -0.15) is 0 Å². The molecule has 4 nitrogen and oxygen atoms in total. The Morgan fingerprint density at radius 3 is 2.78 bits per heavy atom. The van der Waals surface area contributed by atoms with Gasteiger partial charge in [-0.05, 0) is 52.9 Å². The fraction of sp³-hybridized carbons (Fsp3) is 0.0909. The van der Waals surface area contributed by atoms with Crippen LogP contribution >= 0.6 is 0 Å². The standard InChI is InChI=1S/C22H16FN3O/c23-19-11-15(14-5-6-20-16(10-14)7-9-25-20)3-4-17(19)12-26-13-21-18(22(26)27)2-1-8-24-21/h1-11,25H,12-13H2. The molecule has 3 heterocycles. The van der Waals surface area contributed by atoms with E-state index in [0.29, 0.717) is 17.7 Å². The van der Waals surface area contributed by atoms with E-state index < -0.39 is 0 Å². The second kappa shape index (κ2) is 6.06. The molecule has 2 aromatic heterocycles. The number of nitrogens with zero attached hydrogens (tertiary/aromatic N) is 2. The average molecular weight is 357 g/mol. The van der Waals surface area contributed by atoms with Gasteiger partial charge in [-0.3, -0.25) is 9.78 Å². The van der Waals surface area contributed by atoms with Crippen LogP contribution in [0.25, 0.3) is 22.0 Å².